The zero-order chi connectivity index (χ0) is 13.1. The van der Waals surface area contributed by atoms with Gasteiger partial charge in [-0.2, -0.15) is 0 Å². The van der Waals surface area contributed by atoms with Gasteiger partial charge >= 0.3 is 0 Å². The van der Waals surface area contributed by atoms with E-state index in [4.69, 9.17) is 5.73 Å². The zero-order valence-corrected chi connectivity index (χ0v) is 13.0. The van der Waals surface area contributed by atoms with Crippen LogP contribution >= 0.6 is 12.4 Å². The van der Waals surface area contributed by atoms with Gasteiger partial charge in [-0.05, 0) is 43.9 Å². The summed E-state index contributed by atoms with van der Waals surface area (Å²) in [6, 6.07) is 0. The second-order valence-corrected chi connectivity index (χ2v) is 6.45. The second-order valence-electron chi connectivity index (χ2n) is 6.45. The lowest BCUT2D eigenvalue weighted by molar-refractivity contribution is -0.126. The van der Waals surface area contributed by atoms with Gasteiger partial charge in [-0.15, -0.1) is 12.4 Å². The summed E-state index contributed by atoms with van der Waals surface area (Å²) < 4.78 is 0. The van der Waals surface area contributed by atoms with Crippen LogP contribution in [0.5, 0.6) is 0 Å². The molecular formula is C14H29ClN2O. The maximum absolute atomic E-state index is 12.0. The van der Waals surface area contributed by atoms with Gasteiger partial charge in [0.1, 0.15) is 0 Å². The van der Waals surface area contributed by atoms with Crippen LogP contribution in [0, 0.1) is 11.3 Å². The molecule has 1 atom stereocenters. The van der Waals surface area contributed by atoms with Crippen LogP contribution in [-0.4, -0.2) is 18.0 Å². The second kappa shape index (κ2) is 6.76. The molecule has 1 rings (SSSR count). The quantitative estimate of drug-likeness (QED) is 0.751. The summed E-state index contributed by atoms with van der Waals surface area (Å²) >= 11 is 0. The Morgan fingerprint density at radius 3 is 2.39 bits per heavy atom. The first-order chi connectivity index (χ1) is 7.81. The zero-order valence-electron chi connectivity index (χ0n) is 12.2. The molecule has 0 aromatic heterocycles. The van der Waals surface area contributed by atoms with Crippen molar-refractivity contribution >= 4 is 18.3 Å². The number of nitrogens with one attached hydrogen (secondary N) is 1. The summed E-state index contributed by atoms with van der Waals surface area (Å²) in [5.74, 6) is 0.712. The van der Waals surface area contributed by atoms with Gasteiger partial charge in [-0.25, -0.2) is 0 Å². The predicted octanol–water partition coefficient (Wildman–Crippen LogP) is 2.87. The van der Waals surface area contributed by atoms with E-state index in [1.165, 1.54) is 19.3 Å². The summed E-state index contributed by atoms with van der Waals surface area (Å²) in [6.07, 6.45) is 5.40. The van der Waals surface area contributed by atoms with E-state index in [-0.39, 0.29) is 18.3 Å². The molecule has 0 saturated heterocycles. The third kappa shape index (κ3) is 5.15. The highest BCUT2D eigenvalue weighted by molar-refractivity contribution is 5.85. The minimum absolute atomic E-state index is 0. The summed E-state index contributed by atoms with van der Waals surface area (Å²) in [4.78, 5) is 12.0. The van der Waals surface area contributed by atoms with Crippen LogP contribution in [0.1, 0.15) is 59.8 Å². The summed E-state index contributed by atoms with van der Waals surface area (Å²) in [5.41, 5.74) is 5.69. The summed E-state index contributed by atoms with van der Waals surface area (Å²) in [5, 5.41) is 3.05. The molecule has 0 heterocycles. The van der Waals surface area contributed by atoms with Crippen molar-refractivity contribution in [3.05, 3.63) is 0 Å². The maximum Gasteiger partial charge on any atom is 0.239 e. The van der Waals surface area contributed by atoms with Gasteiger partial charge in [0.2, 0.25) is 5.91 Å². The van der Waals surface area contributed by atoms with Crippen molar-refractivity contribution in [2.24, 2.45) is 17.1 Å². The average Bonchev–Trinajstić information content (AvgIpc) is 2.93. The number of amides is 1. The highest BCUT2D eigenvalue weighted by atomic mass is 35.5. The van der Waals surface area contributed by atoms with E-state index >= 15 is 0 Å². The van der Waals surface area contributed by atoms with Crippen LogP contribution in [0.15, 0.2) is 0 Å². The fraction of sp³-hybridized carbons (Fsp3) is 0.929. The number of carbonyl (C=O) groups is 1. The third-order valence-corrected chi connectivity index (χ3v) is 3.71. The van der Waals surface area contributed by atoms with Crippen LogP contribution in [0.4, 0.5) is 0 Å². The van der Waals surface area contributed by atoms with E-state index in [1.807, 2.05) is 6.92 Å². The molecule has 0 aromatic rings. The van der Waals surface area contributed by atoms with Crippen molar-refractivity contribution in [3.8, 4) is 0 Å². The molecular weight excluding hydrogens is 248 g/mol. The number of hydrogen-bond donors (Lipinski definition) is 2. The van der Waals surface area contributed by atoms with E-state index in [0.29, 0.717) is 11.3 Å². The topological polar surface area (TPSA) is 55.1 Å². The number of nitrogens with two attached hydrogens (primary N) is 1. The minimum Gasteiger partial charge on any atom is -0.354 e. The monoisotopic (exact) mass is 276 g/mol. The number of rotatable bonds is 7. The Morgan fingerprint density at radius 1 is 1.44 bits per heavy atom. The summed E-state index contributed by atoms with van der Waals surface area (Å²) in [6.45, 7) is 9.17. The largest absolute Gasteiger partial charge is 0.354 e. The summed E-state index contributed by atoms with van der Waals surface area (Å²) in [7, 11) is 0. The first-order valence-corrected chi connectivity index (χ1v) is 6.88. The van der Waals surface area contributed by atoms with Gasteiger partial charge in [0.25, 0.3) is 0 Å². The lowest BCUT2D eigenvalue weighted by Gasteiger charge is -2.25. The van der Waals surface area contributed by atoms with E-state index in [9.17, 15) is 4.79 Å². The molecule has 4 heteroatoms. The van der Waals surface area contributed by atoms with Gasteiger partial charge in [-0.1, -0.05) is 27.2 Å². The minimum atomic E-state index is -0.706. The smallest absolute Gasteiger partial charge is 0.239 e. The number of hydrogen-bond acceptors (Lipinski definition) is 2. The van der Waals surface area contributed by atoms with Gasteiger partial charge in [0, 0.05) is 6.54 Å². The van der Waals surface area contributed by atoms with Crippen molar-refractivity contribution in [1.82, 2.24) is 5.32 Å². The molecule has 1 saturated carbocycles. The molecule has 1 aliphatic carbocycles. The van der Waals surface area contributed by atoms with E-state index in [2.05, 4.69) is 26.1 Å². The Bertz CT molecular complexity index is 273. The molecule has 108 valence electrons. The molecule has 3 N–H and O–H groups in total. The van der Waals surface area contributed by atoms with Crippen molar-refractivity contribution in [2.45, 2.75) is 65.3 Å². The molecule has 0 radical (unpaired) electrons. The van der Waals surface area contributed by atoms with E-state index in [1.54, 1.807) is 0 Å². The molecule has 0 spiro atoms. The van der Waals surface area contributed by atoms with Crippen LogP contribution in [0.3, 0.4) is 0 Å². The average molecular weight is 277 g/mol. The molecule has 0 aromatic carbocycles. The Labute approximate surface area is 118 Å². The predicted molar refractivity (Wildman–Crippen MR) is 78.9 cm³/mol. The van der Waals surface area contributed by atoms with Gasteiger partial charge in [-0.3, -0.25) is 4.79 Å². The Kier molecular flexibility index (Phi) is 6.66. The molecule has 0 aliphatic heterocycles. The molecule has 0 bridgehead atoms. The Hall–Kier alpha value is -0.280. The van der Waals surface area contributed by atoms with Gasteiger partial charge in [0.15, 0.2) is 0 Å². The van der Waals surface area contributed by atoms with Crippen LogP contribution in [0.2, 0.25) is 0 Å². The van der Waals surface area contributed by atoms with Crippen molar-refractivity contribution in [1.29, 1.82) is 0 Å². The maximum atomic E-state index is 12.0. The third-order valence-electron chi connectivity index (χ3n) is 3.71. The van der Waals surface area contributed by atoms with Crippen molar-refractivity contribution < 1.29 is 4.79 Å². The van der Waals surface area contributed by atoms with Crippen LogP contribution < -0.4 is 11.1 Å². The normalized spacial score (nSPS) is 19.9. The van der Waals surface area contributed by atoms with Crippen molar-refractivity contribution in [2.75, 3.05) is 6.54 Å². The molecule has 1 aliphatic rings. The van der Waals surface area contributed by atoms with Gasteiger partial charge in [0.05, 0.1) is 5.54 Å². The fourth-order valence-electron chi connectivity index (χ4n) is 2.60. The fourth-order valence-corrected chi connectivity index (χ4v) is 2.60. The number of carbonyl (C=O) groups excluding carboxylic acids is 1. The Morgan fingerprint density at radius 2 is 2.00 bits per heavy atom. The molecule has 1 unspecified atom stereocenters. The van der Waals surface area contributed by atoms with E-state index < -0.39 is 5.54 Å². The van der Waals surface area contributed by atoms with Crippen molar-refractivity contribution in [3.63, 3.8) is 0 Å². The molecule has 1 amide bonds. The van der Waals surface area contributed by atoms with Crippen LogP contribution in [0.25, 0.3) is 0 Å². The SMILES string of the molecule is CCCC(C)(N)C(=O)NCC1(CC(C)C)CC1.Cl. The molecule has 1 fully saturated rings. The lowest BCUT2D eigenvalue weighted by atomic mass is 9.92. The first-order valence-electron chi connectivity index (χ1n) is 6.88. The first kappa shape index (κ1) is 17.7. The van der Waals surface area contributed by atoms with Gasteiger partial charge < -0.3 is 11.1 Å². The molecule has 3 nitrogen and oxygen atoms in total. The number of halogens is 1. The molecule has 18 heavy (non-hydrogen) atoms. The highest BCUT2D eigenvalue weighted by Crippen LogP contribution is 2.50. The lowest BCUT2D eigenvalue weighted by Crippen LogP contribution is -2.52. The van der Waals surface area contributed by atoms with Crippen LogP contribution in [-0.2, 0) is 4.79 Å². The van der Waals surface area contributed by atoms with E-state index in [0.717, 1.165) is 19.4 Å². The standard InChI is InChI=1S/C14H28N2O.ClH/c1-5-6-13(4,15)12(17)16-10-14(7-8-14)9-11(2)3;/h11H,5-10,15H2,1-4H3,(H,16,17);1H. The Balaban J connectivity index is 0.00000289. The highest BCUT2D eigenvalue weighted by Gasteiger charge is 2.43.